The molecule has 28 heavy (non-hydrogen) atoms. The van der Waals surface area contributed by atoms with Gasteiger partial charge in [0.15, 0.2) is 0 Å². The molecule has 2 heterocycles. The average Bonchev–Trinajstić information content (AvgIpc) is 3.37. The Bertz CT molecular complexity index is 755. The van der Waals surface area contributed by atoms with Crippen molar-refractivity contribution in [3.63, 3.8) is 0 Å². The maximum absolute atomic E-state index is 13.7. The van der Waals surface area contributed by atoms with Gasteiger partial charge < -0.3 is 9.80 Å². The molecular weight excluding hydrogens is 391 g/mol. The smallest absolute Gasteiger partial charge is 0.234 e. The predicted molar refractivity (Wildman–Crippen MR) is 115 cm³/mol. The molecule has 2 aromatic rings. The first-order chi connectivity index (χ1) is 13.6. The van der Waals surface area contributed by atoms with Crippen LogP contribution in [0.2, 0.25) is 10.0 Å². The van der Waals surface area contributed by atoms with Gasteiger partial charge >= 0.3 is 0 Å². The maximum atomic E-state index is 13.7. The van der Waals surface area contributed by atoms with Gasteiger partial charge in [-0.25, -0.2) is 0 Å². The van der Waals surface area contributed by atoms with Crippen LogP contribution < -0.4 is 0 Å². The molecule has 0 spiro atoms. The number of nitrogens with zero attached hydrogens (tertiary/aromatic N) is 2. The van der Waals surface area contributed by atoms with Gasteiger partial charge in [0.1, 0.15) is 0 Å². The van der Waals surface area contributed by atoms with Gasteiger partial charge in [0, 0.05) is 29.2 Å². The number of carbonyl (C=O) groups is 1. The minimum Gasteiger partial charge on any atom is -0.338 e. The van der Waals surface area contributed by atoms with Crippen molar-refractivity contribution in [3.05, 3.63) is 69.7 Å². The minimum atomic E-state index is -0.325. The van der Waals surface area contributed by atoms with Crippen LogP contribution in [-0.2, 0) is 4.79 Å². The lowest BCUT2D eigenvalue weighted by Crippen LogP contribution is -2.44. The molecule has 1 atom stereocenters. The fourth-order valence-corrected chi connectivity index (χ4v) is 4.78. The van der Waals surface area contributed by atoms with E-state index in [2.05, 4.69) is 9.80 Å². The zero-order valence-electron chi connectivity index (χ0n) is 16.0. The highest BCUT2D eigenvalue weighted by molar-refractivity contribution is 6.30. The summed E-state index contributed by atoms with van der Waals surface area (Å²) >= 11 is 12.2. The molecule has 2 aromatic carbocycles. The third kappa shape index (κ3) is 4.37. The van der Waals surface area contributed by atoms with E-state index in [1.807, 2.05) is 48.5 Å². The summed E-state index contributed by atoms with van der Waals surface area (Å²) in [5.41, 5.74) is 1.95. The van der Waals surface area contributed by atoms with E-state index >= 15 is 0 Å². The monoisotopic (exact) mass is 416 g/mol. The zero-order chi connectivity index (χ0) is 19.5. The van der Waals surface area contributed by atoms with Gasteiger partial charge in [-0.05, 0) is 74.2 Å². The molecular formula is C23H26Cl2N2O. The van der Waals surface area contributed by atoms with E-state index in [0.717, 1.165) is 50.1 Å². The Morgan fingerprint density at radius 2 is 1.39 bits per heavy atom. The number of hydrogen-bond acceptors (Lipinski definition) is 2. The second-order valence-electron chi connectivity index (χ2n) is 7.87. The van der Waals surface area contributed by atoms with Crippen LogP contribution in [0.4, 0.5) is 0 Å². The Labute approximate surface area is 177 Å². The van der Waals surface area contributed by atoms with Gasteiger partial charge in [0.2, 0.25) is 5.91 Å². The largest absolute Gasteiger partial charge is 0.338 e. The molecule has 0 aromatic heterocycles. The fraction of sp³-hybridized carbons (Fsp3) is 0.435. The SMILES string of the molecule is O=C(C(c1ccc(Cl)cc1)c1ccc(Cl)cc1)N1CCC[C@H]1CN1CCCC1. The molecule has 3 nitrogen and oxygen atoms in total. The minimum absolute atomic E-state index is 0.186. The van der Waals surface area contributed by atoms with Crippen molar-refractivity contribution in [1.29, 1.82) is 0 Å². The summed E-state index contributed by atoms with van der Waals surface area (Å²) in [5.74, 6) is -0.139. The molecule has 2 saturated heterocycles. The molecule has 2 aliphatic rings. The van der Waals surface area contributed by atoms with Gasteiger partial charge in [-0.15, -0.1) is 0 Å². The lowest BCUT2D eigenvalue weighted by Gasteiger charge is -2.32. The van der Waals surface area contributed by atoms with Gasteiger partial charge in [-0.2, -0.15) is 0 Å². The molecule has 4 rings (SSSR count). The second kappa shape index (κ2) is 8.86. The summed E-state index contributed by atoms with van der Waals surface area (Å²) in [7, 11) is 0. The van der Waals surface area contributed by atoms with E-state index in [1.165, 1.54) is 12.8 Å². The number of likely N-dealkylation sites (tertiary alicyclic amines) is 2. The summed E-state index contributed by atoms with van der Waals surface area (Å²) in [6.45, 7) is 4.17. The topological polar surface area (TPSA) is 23.6 Å². The van der Waals surface area contributed by atoms with Crippen LogP contribution in [0, 0.1) is 0 Å². The normalized spacial score (nSPS) is 20.2. The van der Waals surface area contributed by atoms with Gasteiger partial charge in [-0.3, -0.25) is 4.79 Å². The molecule has 2 aliphatic heterocycles. The van der Waals surface area contributed by atoms with Crippen molar-refractivity contribution in [1.82, 2.24) is 9.80 Å². The first-order valence-electron chi connectivity index (χ1n) is 10.2. The molecule has 2 fully saturated rings. The van der Waals surface area contributed by atoms with Gasteiger partial charge in [0.25, 0.3) is 0 Å². The molecule has 0 N–H and O–H groups in total. The highest BCUT2D eigenvalue weighted by atomic mass is 35.5. The molecule has 148 valence electrons. The molecule has 5 heteroatoms. The van der Waals surface area contributed by atoms with E-state index < -0.39 is 0 Å². The number of rotatable bonds is 5. The molecule has 0 radical (unpaired) electrons. The molecule has 0 aliphatic carbocycles. The lowest BCUT2D eigenvalue weighted by atomic mass is 9.89. The van der Waals surface area contributed by atoms with E-state index in [9.17, 15) is 4.79 Å². The molecule has 0 bridgehead atoms. The first kappa shape index (κ1) is 19.8. The van der Waals surface area contributed by atoms with Crippen LogP contribution in [0.3, 0.4) is 0 Å². The number of carbonyl (C=O) groups excluding carboxylic acids is 1. The van der Waals surface area contributed by atoms with E-state index in [-0.39, 0.29) is 11.8 Å². The summed E-state index contributed by atoms with van der Waals surface area (Å²) in [6, 6.07) is 15.6. The Morgan fingerprint density at radius 1 is 0.857 bits per heavy atom. The Balaban J connectivity index is 1.62. The van der Waals surface area contributed by atoms with E-state index in [4.69, 9.17) is 23.2 Å². The molecule has 1 amide bonds. The Hall–Kier alpha value is -1.55. The Morgan fingerprint density at radius 3 is 1.93 bits per heavy atom. The number of amides is 1. The van der Waals surface area contributed by atoms with Gasteiger partial charge in [0.05, 0.1) is 5.92 Å². The quantitative estimate of drug-likeness (QED) is 0.667. The zero-order valence-corrected chi connectivity index (χ0v) is 17.5. The summed E-state index contributed by atoms with van der Waals surface area (Å²) in [6.07, 6.45) is 4.73. The van der Waals surface area contributed by atoms with Crippen LogP contribution >= 0.6 is 23.2 Å². The number of hydrogen-bond donors (Lipinski definition) is 0. The maximum Gasteiger partial charge on any atom is 0.234 e. The van der Waals surface area contributed by atoms with E-state index in [1.54, 1.807) is 0 Å². The number of halogens is 2. The Kier molecular flexibility index (Phi) is 6.25. The van der Waals surface area contributed by atoms with Crippen molar-refractivity contribution in [2.45, 2.75) is 37.6 Å². The van der Waals surface area contributed by atoms with Crippen LogP contribution in [0.25, 0.3) is 0 Å². The van der Waals surface area contributed by atoms with Crippen molar-refractivity contribution < 1.29 is 4.79 Å². The summed E-state index contributed by atoms with van der Waals surface area (Å²) in [4.78, 5) is 18.4. The van der Waals surface area contributed by atoms with Crippen LogP contribution in [0.1, 0.15) is 42.7 Å². The standard InChI is InChI=1S/C23H26Cl2N2O/c24-19-9-5-17(6-10-19)22(18-7-11-20(25)12-8-18)23(28)27-15-3-4-21(27)16-26-13-1-2-14-26/h5-12,21-22H,1-4,13-16H2/t21-/m0/s1. The second-order valence-corrected chi connectivity index (χ2v) is 8.74. The van der Waals surface area contributed by atoms with Crippen molar-refractivity contribution in [3.8, 4) is 0 Å². The van der Waals surface area contributed by atoms with E-state index in [0.29, 0.717) is 16.1 Å². The summed E-state index contributed by atoms with van der Waals surface area (Å²) < 4.78 is 0. The van der Waals surface area contributed by atoms with Crippen molar-refractivity contribution in [2.75, 3.05) is 26.2 Å². The van der Waals surface area contributed by atoms with Gasteiger partial charge in [-0.1, -0.05) is 47.5 Å². The lowest BCUT2D eigenvalue weighted by molar-refractivity contribution is -0.133. The predicted octanol–water partition coefficient (Wildman–Crippen LogP) is 5.21. The molecule has 0 unspecified atom stereocenters. The van der Waals surface area contributed by atoms with Crippen molar-refractivity contribution >= 4 is 29.1 Å². The first-order valence-corrected chi connectivity index (χ1v) is 10.9. The third-order valence-corrected chi connectivity index (χ3v) is 6.49. The fourth-order valence-electron chi connectivity index (χ4n) is 4.53. The molecule has 0 saturated carbocycles. The highest BCUT2D eigenvalue weighted by Gasteiger charge is 2.35. The van der Waals surface area contributed by atoms with Crippen molar-refractivity contribution in [2.24, 2.45) is 0 Å². The highest BCUT2D eigenvalue weighted by Crippen LogP contribution is 2.32. The number of benzene rings is 2. The van der Waals surface area contributed by atoms with Crippen LogP contribution in [-0.4, -0.2) is 47.9 Å². The third-order valence-electron chi connectivity index (χ3n) is 5.98. The average molecular weight is 417 g/mol. The van der Waals surface area contributed by atoms with Crippen LogP contribution in [0.15, 0.2) is 48.5 Å². The van der Waals surface area contributed by atoms with Crippen LogP contribution in [0.5, 0.6) is 0 Å². The summed E-state index contributed by atoms with van der Waals surface area (Å²) in [5, 5.41) is 1.36.